The summed E-state index contributed by atoms with van der Waals surface area (Å²) >= 11 is 0. The van der Waals surface area contributed by atoms with Crippen molar-refractivity contribution >= 4 is 18.3 Å². The first-order chi connectivity index (χ1) is 10.5. The number of amides is 1. The van der Waals surface area contributed by atoms with Crippen LogP contribution in [0.15, 0.2) is 28.8 Å². The summed E-state index contributed by atoms with van der Waals surface area (Å²) in [5, 5.41) is 6.52. The molecule has 2 aromatic rings. The van der Waals surface area contributed by atoms with Crippen LogP contribution in [0, 0.1) is 5.82 Å². The van der Waals surface area contributed by atoms with Gasteiger partial charge in [0.1, 0.15) is 11.9 Å². The second kappa shape index (κ2) is 8.59. The summed E-state index contributed by atoms with van der Waals surface area (Å²) in [4.78, 5) is 16.0. The van der Waals surface area contributed by atoms with Crippen LogP contribution >= 0.6 is 12.4 Å². The maximum Gasteiger partial charge on any atom is 0.249 e. The van der Waals surface area contributed by atoms with Crippen molar-refractivity contribution in [2.24, 2.45) is 5.73 Å². The fourth-order valence-electron chi connectivity index (χ4n) is 1.98. The Morgan fingerprint density at radius 1 is 1.48 bits per heavy atom. The van der Waals surface area contributed by atoms with Gasteiger partial charge in [0.25, 0.3) is 0 Å². The van der Waals surface area contributed by atoms with E-state index in [0.29, 0.717) is 12.0 Å². The molecule has 2 unspecified atom stereocenters. The summed E-state index contributed by atoms with van der Waals surface area (Å²) in [5.41, 5.74) is 6.26. The maximum atomic E-state index is 13.2. The number of nitrogens with two attached hydrogens (primary N) is 1. The van der Waals surface area contributed by atoms with Gasteiger partial charge in [-0.15, -0.1) is 12.4 Å². The van der Waals surface area contributed by atoms with E-state index in [-0.39, 0.29) is 35.8 Å². The van der Waals surface area contributed by atoms with Crippen molar-refractivity contribution in [2.45, 2.75) is 38.8 Å². The monoisotopic (exact) mass is 342 g/mol. The molecule has 0 fully saturated rings. The lowest BCUT2D eigenvalue weighted by molar-refractivity contribution is -0.123. The molecule has 2 rings (SSSR count). The predicted molar refractivity (Wildman–Crippen MR) is 86.4 cm³/mol. The molecule has 0 bridgehead atoms. The van der Waals surface area contributed by atoms with Crippen molar-refractivity contribution in [1.82, 2.24) is 15.5 Å². The number of halogens is 2. The van der Waals surface area contributed by atoms with Gasteiger partial charge in [-0.25, -0.2) is 4.39 Å². The highest BCUT2D eigenvalue weighted by atomic mass is 35.5. The Balaban J connectivity index is 0.00000264. The van der Waals surface area contributed by atoms with Gasteiger partial charge in [-0.05, 0) is 25.5 Å². The Hall–Kier alpha value is -1.99. The number of hydrogen-bond donors (Lipinski definition) is 2. The molecule has 0 aliphatic heterocycles. The Morgan fingerprint density at radius 3 is 2.87 bits per heavy atom. The Morgan fingerprint density at radius 2 is 2.22 bits per heavy atom. The summed E-state index contributed by atoms with van der Waals surface area (Å²) in [6, 6.07) is 4.87. The average molecular weight is 343 g/mol. The van der Waals surface area contributed by atoms with Gasteiger partial charge in [0.15, 0.2) is 0 Å². The molecule has 1 aromatic heterocycles. The Kier molecular flexibility index (Phi) is 7.12. The molecule has 23 heavy (non-hydrogen) atoms. The highest BCUT2D eigenvalue weighted by Gasteiger charge is 2.20. The van der Waals surface area contributed by atoms with Gasteiger partial charge in [0, 0.05) is 5.56 Å². The van der Waals surface area contributed by atoms with Gasteiger partial charge in [-0.3, -0.25) is 4.79 Å². The minimum Gasteiger partial charge on any atom is -0.343 e. The largest absolute Gasteiger partial charge is 0.343 e. The fourth-order valence-corrected chi connectivity index (χ4v) is 1.98. The van der Waals surface area contributed by atoms with Crippen LogP contribution in [-0.2, 0) is 4.79 Å². The normalized spacial score (nSPS) is 13.0. The van der Waals surface area contributed by atoms with Crippen molar-refractivity contribution in [3.8, 4) is 11.4 Å². The lowest BCUT2D eigenvalue weighted by Crippen LogP contribution is -2.41. The van der Waals surface area contributed by atoms with Crippen molar-refractivity contribution < 1.29 is 13.7 Å². The van der Waals surface area contributed by atoms with Gasteiger partial charge in [0.2, 0.25) is 17.6 Å². The van der Waals surface area contributed by atoms with Crippen LogP contribution in [0.1, 0.15) is 38.6 Å². The molecule has 1 aromatic carbocycles. The van der Waals surface area contributed by atoms with E-state index in [1.807, 2.05) is 6.92 Å². The smallest absolute Gasteiger partial charge is 0.249 e. The van der Waals surface area contributed by atoms with E-state index < -0.39 is 12.1 Å². The predicted octanol–water partition coefficient (Wildman–Crippen LogP) is 2.60. The number of nitrogens with one attached hydrogen (secondary N) is 1. The van der Waals surface area contributed by atoms with Gasteiger partial charge >= 0.3 is 0 Å². The second-order valence-corrected chi connectivity index (χ2v) is 5.09. The summed E-state index contributed by atoms with van der Waals surface area (Å²) < 4.78 is 18.3. The number of carbonyl (C=O) groups excluding carboxylic acids is 1. The van der Waals surface area contributed by atoms with Crippen LogP contribution in [-0.4, -0.2) is 22.1 Å². The summed E-state index contributed by atoms with van der Waals surface area (Å²) in [7, 11) is 0. The number of rotatable bonds is 6. The third-order valence-electron chi connectivity index (χ3n) is 3.19. The zero-order valence-electron chi connectivity index (χ0n) is 13.0. The first kappa shape index (κ1) is 19.1. The van der Waals surface area contributed by atoms with Crippen LogP contribution < -0.4 is 11.1 Å². The topological polar surface area (TPSA) is 94.0 Å². The van der Waals surface area contributed by atoms with Gasteiger partial charge in [0.05, 0.1) is 6.04 Å². The van der Waals surface area contributed by atoms with Crippen molar-refractivity contribution in [3.63, 3.8) is 0 Å². The first-order valence-electron chi connectivity index (χ1n) is 7.16. The molecular weight excluding hydrogens is 323 g/mol. The van der Waals surface area contributed by atoms with Gasteiger partial charge in [-0.2, -0.15) is 4.98 Å². The molecule has 2 atom stereocenters. The third-order valence-corrected chi connectivity index (χ3v) is 3.19. The molecule has 0 aliphatic carbocycles. The molecule has 0 saturated carbocycles. The lowest BCUT2D eigenvalue weighted by Gasteiger charge is -2.14. The van der Waals surface area contributed by atoms with Gasteiger partial charge < -0.3 is 15.6 Å². The van der Waals surface area contributed by atoms with E-state index in [1.165, 1.54) is 12.1 Å². The molecule has 0 spiro atoms. The fraction of sp³-hybridized carbons (Fsp3) is 0.400. The molecule has 8 heteroatoms. The Labute approximate surface area is 140 Å². The maximum absolute atomic E-state index is 13.2. The summed E-state index contributed by atoms with van der Waals surface area (Å²) in [5.74, 6) is -0.125. The zero-order valence-corrected chi connectivity index (χ0v) is 13.8. The molecule has 1 amide bonds. The summed E-state index contributed by atoms with van der Waals surface area (Å²) in [6.07, 6.45) is 1.43. The Bertz CT molecular complexity index is 650. The van der Waals surface area contributed by atoms with Crippen molar-refractivity contribution in [2.75, 3.05) is 0 Å². The lowest BCUT2D eigenvalue weighted by atomic mass is 10.1. The standard InChI is InChI=1S/C15H19FN4O2.ClH/c1-3-5-12(17)14(21)18-9(2)15-19-13(20-22-15)10-6-4-7-11(16)8-10;/h4,6-9,12H,3,5,17H2,1-2H3,(H,18,21);1H. The molecule has 0 aliphatic rings. The molecule has 3 N–H and O–H groups in total. The molecular formula is C15H20ClFN4O2. The number of benzene rings is 1. The highest BCUT2D eigenvalue weighted by Crippen LogP contribution is 2.19. The third kappa shape index (κ3) is 5.01. The average Bonchev–Trinajstić information content (AvgIpc) is 2.97. The number of hydrogen-bond acceptors (Lipinski definition) is 5. The molecule has 6 nitrogen and oxygen atoms in total. The van der Waals surface area contributed by atoms with Crippen LogP contribution in [0.2, 0.25) is 0 Å². The van der Waals surface area contributed by atoms with Crippen LogP contribution in [0.3, 0.4) is 0 Å². The minimum atomic E-state index is -0.557. The summed E-state index contributed by atoms with van der Waals surface area (Å²) in [6.45, 7) is 3.68. The molecule has 126 valence electrons. The minimum absolute atomic E-state index is 0. The zero-order chi connectivity index (χ0) is 16.1. The van der Waals surface area contributed by atoms with E-state index in [0.717, 1.165) is 6.42 Å². The molecule has 0 saturated heterocycles. The molecule has 1 heterocycles. The van der Waals surface area contributed by atoms with E-state index in [9.17, 15) is 9.18 Å². The van der Waals surface area contributed by atoms with Gasteiger partial charge in [-0.1, -0.05) is 30.6 Å². The van der Waals surface area contributed by atoms with Crippen LogP contribution in [0.4, 0.5) is 4.39 Å². The molecule has 0 radical (unpaired) electrons. The van der Waals surface area contributed by atoms with Crippen molar-refractivity contribution in [1.29, 1.82) is 0 Å². The number of carbonyl (C=O) groups is 1. The number of nitrogens with zero attached hydrogens (tertiary/aromatic N) is 2. The highest BCUT2D eigenvalue weighted by molar-refractivity contribution is 5.85. The van der Waals surface area contributed by atoms with E-state index in [4.69, 9.17) is 10.3 Å². The number of aromatic nitrogens is 2. The van der Waals surface area contributed by atoms with E-state index >= 15 is 0 Å². The quantitative estimate of drug-likeness (QED) is 0.841. The second-order valence-electron chi connectivity index (χ2n) is 5.09. The SMILES string of the molecule is CCCC(N)C(=O)NC(C)c1nc(-c2cccc(F)c2)no1.Cl. The first-order valence-corrected chi connectivity index (χ1v) is 7.16. The van der Waals surface area contributed by atoms with E-state index in [2.05, 4.69) is 15.5 Å². The van der Waals surface area contributed by atoms with Crippen molar-refractivity contribution in [3.05, 3.63) is 36.0 Å². The van der Waals surface area contributed by atoms with E-state index in [1.54, 1.807) is 19.1 Å². The van der Waals surface area contributed by atoms with Crippen LogP contribution in [0.25, 0.3) is 11.4 Å². The van der Waals surface area contributed by atoms with Crippen LogP contribution in [0.5, 0.6) is 0 Å².